The van der Waals surface area contributed by atoms with E-state index in [0.29, 0.717) is 17.4 Å². The van der Waals surface area contributed by atoms with Crippen molar-refractivity contribution < 1.29 is 9.32 Å². The SMILES string of the molecule is CCCCN1CCn2c(ccc2-c2nc(C)no2)C1=O. The molecule has 0 atom stereocenters. The van der Waals surface area contributed by atoms with Crippen molar-refractivity contribution >= 4 is 5.91 Å². The van der Waals surface area contributed by atoms with Gasteiger partial charge in [0, 0.05) is 19.6 Å². The number of amides is 1. The molecule has 0 N–H and O–H groups in total. The zero-order chi connectivity index (χ0) is 14.1. The van der Waals surface area contributed by atoms with Crippen LogP contribution in [0.2, 0.25) is 0 Å². The summed E-state index contributed by atoms with van der Waals surface area (Å²) >= 11 is 0. The highest BCUT2D eigenvalue weighted by atomic mass is 16.5. The second-order valence-corrected chi connectivity index (χ2v) is 5.05. The Morgan fingerprint density at radius 3 is 2.80 bits per heavy atom. The van der Waals surface area contributed by atoms with Gasteiger partial charge >= 0.3 is 0 Å². The lowest BCUT2D eigenvalue weighted by molar-refractivity contribution is 0.0703. The van der Waals surface area contributed by atoms with Crippen molar-refractivity contribution in [3.8, 4) is 11.6 Å². The second kappa shape index (κ2) is 5.11. The number of fused-ring (bicyclic) bond motifs is 1. The monoisotopic (exact) mass is 274 g/mol. The van der Waals surface area contributed by atoms with Crippen LogP contribution in [0.15, 0.2) is 16.7 Å². The number of carbonyl (C=O) groups excluding carboxylic acids is 1. The number of nitrogens with zero attached hydrogens (tertiary/aromatic N) is 4. The molecule has 3 heterocycles. The summed E-state index contributed by atoms with van der Waals surface area (Å²) in [5.41, 5.74) is 1.53. The minimum Gasteiger partial charge on any atom is -0.336 e. The molecule has 1 amide bonds. The fourth-order valence-electron chi connectivity index (χ4n) is 2.53. The van der Waals surface area contributed by atoms with Gasteiger partial charge in [0.15, 0.2) is 5.82 Å². The first-order chi connectivity index (χ1) is 9.70. The Hall–Kier alpha value is -2.11. The minimum atomic E-state index is 0.0900. The lowest BCUT2D eigenvalue weighted by atomic mass is 10.2. The molecular weight excluding hydrogens is 256 g/mol. The molecule has 0 aliphatic carbocycles. The highest BCUT2D eigenvalue weighted by Crippen LogP contribution is 2.24. The number of unbranched alkanes of at least 4 members (excludes halogenated alkanes) is 1. The van der Waals surface area contributed by atoms with Gasteiger partial charge in [0.1, 0.15) is 11.4 Å². The number of aryl methyl sites for hydroxylation is 1. The maximum Gasteiger partial charge on any atom is 0.274 e. The van der Waals surface area contributed by atoms with Crippen LogP contribution in [0.5, 0.6) is 0 Å². The highest BCUT2D eigenvalue weighted by molar-refractivity contribution is 5.94. The van der Waals surface area contributed by atoms with Gasteiger partial charge in [-0.25, -0.2) is 0 Å². The van der Waals surface area contributed by atoms with Gasteiger partial charge in [0.05, 0.1) is 0 Å². The van der Waals surface area contributed by atoms with Crippen molar-refractivity contribution in [1.29, 1.82) is 0 Å². The molecule has 106 valence electrons. The molecule has 0 radical (unpaired) electrons. The van der Waals surface area contributed by atoms with E-state index in [1.54, 1.807) is 6.92 Å². The predicted octanol–water partition coefficient (Wildman–Crippen LogP) is 2.10. The van der Waals surface area contributed by atoms with E-state index in [1.807, 2.05) is 21.6 Å². The molecule has 6 nitrogen and oxygen atoms in total. The molecule has 0 spiro atoms. The van der Waals surface area contributed by atoms with Crippen LogP contribution in [0, 0.1) is 6.92 Å². The quantitative estimate of drug-likeness (QED) is 0.856. The van der Waals surface area contributed by atoms with Gasteiger partial charge in [-0.15, -0.1) is 0 Å². The van der Waals surface area contributed by atoms with Crippen LogP contribution in [0.4, 0.5) is 0 Å². The average Bonchev–Trinajstić information content (AvgIpc) is 3.04. The largest absolute Gasteiger partial charge is 0.336 e. The third-order valence-corrected chi connectivity index (χ3v) is 3.61. The van der Waals surface area contributed by atoms with Gasteiger partial charge in [0.25, 0.3) is 11.8 Å². The number of carbonyl (C=O) groups is 1. The van der Waals surface area contributed by atoms with Crippen molar-refractivity contribution in [3.63, 3.8) is 0 Å². The molecule has 20 heavy (non-hydrogen) atoms. The molecule has 0 bridgehead atoms. The van der Waals surface area contributed by atoms with E-state index in [1.165, 1.54) is 0 Å². The molecule has 1 aliphatic rings. The molecule has 0 unspecified atom stereocenters. The summed E-state index contributed by atoms with van der Waals surface area (Å²) in [5.74, 6) is 1.16. The first-order valence-corrected chi connectivity index (χ1v) is 7.00. The Labute approximate surface area is 117 Å². The number of aromatic nitrogens is 3. The van der Waals surface area contributed by atoms with Crippen LogP contribution < -0.4 is 0 Å². The summed E-state index contributed by atoms with van der Waals surface area (Å²) in [6.45, 7) is 6.25. The molecular formula is C14H18N4O2. The van der Waals surface area contributed by atoms with E-state index in [4.69, 9.17) is 4.52 Å². The number of rotatable bonds is 4. The van der Waals surface area contributed by atoms with Crippen molar-refractivity contribution in [2.75, 3.05) is 13.1 Å². The minimum absolute atomic E-state index is 0.0900. The average molecular weight is 274 g/mol. The Kier molecular flexibility index (Phi) is 3.30. The van der Waals surface area contributed by atoms with Crippen LogP contribution in [0.3, 0.4) is 0 Å². The van der Waals surface area contributed by atoms with Crippen LogP contribution >= 0.6 is 0 Å². The molecule has 6 heteroatoms. The first-order valence-electron chi connectivity index (χ1n) is 7.00. The fourth-order valence-corrected chi connectivity index (χ4v) is 2.53. The van der Waals surface area contributed by atoms with E-state index in [9.17, 15) is 4.79 Å². The van der Waals surface area contributed by atoms with Crippen molar-refractivity contribution in [3.05, 3.63) is 23.7 Å². The van der Waals surface area contributed by atoms with E-state index in [0.717, 1.165) is 38.2 Å². The molecule has 1 aliphatic heterocycles. The zero-order valence-electron chi connectivity index (χ0n) is 11.8. The molecule has 0 aromatic carbocycles. The lowest BCUT2D eigenvalue weighted by Gasteiger charge is -2.28. The second-order valence-electron chi connectivity index (χ2n) is 5.05. The van der Waals surface area contributed by atoms with Crippen LogP contribution in [0.25, 0.3) is 11.6 Å². The number of hydrogen-bond donors (Lipinski definition) is 0. The first kappa shape index (κ1) is 12.9. The van der Waals surface area contributed by atoms with Gasteiger partial charge in [0.2, 0.25) is 0 Å². The van der Waals surface area contributed by atoms with Gasteiger partial charge in [-0.2, -0.15) is 4.98 Å². The van der Waals surface area contributed by atoms with Gasteiger partial charge in [-0.3, -0.25) is 4.79 Å². The van der Waals surface area contributed by atoms with Crippen LogP contribution in [0.1, 0.15) is 36.1 Å². The normalized spacial score (nSPS) is 14.7. The summed E-state index contributed by atoms with van der Waals surface area (Å²) in [6, 6.07) is 3.72. The van der Waals surface area contributed by atoms with Crippen molar-refractivity contribution in [2.24, 2.45) is 0 Å². The Bertz CT molecular complexity index is 629. The van der Waals surface area contributed by atoms with Crippen LogP contribution in [-0.2, 0) is 6.54 Å². The molecule has 2 aromatic rings. The maximum absolute atomic E-state index is 12.4. The molecule has 0 saturated carbocycles. The third-order valence-electron chi connectivity index (χ3n) is 3.61. The summed E-state index contributed by atoms with van der Waals surface area (Å²) in [6.07, 6.45) is 2.14. The van der Waals surface area contributed by atoms with Crippen LogP contribution in [-0.4, -0.2) is 38.6 Å². The van der Waals surface area contributed by atoms with E-state index < -0.39 is 0 Å². The lowest BCUT2D eigenvalue weighted by Crippen LogP contribution is -2.40. The Balaban J connectivity index is 1.89. The van der Waals surface area contributed by atoms with Gasteiger partial charge < -0.3 is 14.0 Å². The highest BCUT2D eigenvalue weighted by Gasteiger charge is 2.27. The summed E-state index contributed by atoms with van der Waals surface area (Å²) in [4.78, 5) is 18.6. The summed E-state index contributed by atoms with van der Waals surface area (Å²) in [7, 11) is 0. The number of hydrogen-bond acceptors (Lipinski definition) is 4. The predicted molar refractivity (Wildman–Crippen MR) is 73.3 cm³/mol. The molecule has 3 rings (SSSR count). The topological polar surface area (TPSA) is 64.2 Å². The zero-order valence-corrected chi connectivity index (χ0v) is 11.8. The van der Waals surface area contributed by atoms with E-state index in [2.05, 4.69) is 17.1 Å². The van der Waals surface area contributed by atoms with Crippen molar-refractivity contribution in [2.45, 2.75) is 33.2 Å². The van der Waals surface area contributed by atoms with Crippen molar-refractivity contribution in [1.82, 2.24) is 19.6 Å². The molecule has 0 saturated heterocycles. The summed E-state index contributed by atoms with van der Waals surface area (Å²) < 4.78 is 7.16. The maximum atomic E-state index is 12.4. The van der Waals surface area contributed by atoms with E-state index in [-0.39, 0.29) is 5.91 Å². The van der Waals surface area contributed by atoms with E-state index >= 15 is 0 Å². The standard InChI is InChI=1S/C14H18N4O2/c1-3-4-7-17-8-9-18-11(5-6-12(18)14(17)19)13-15-10(2)16-20-13/h5-6H,3-4,7-9H2,1-2H3. The fraction of sp³-hybridized carbons (Fsp3) is 0.500. The Morgan fingerprint density at radius 2 is 2.10 bits per heavy atom. The molecule has 2 aromatic heterocycles. The summed E-state index contributed by atoms with van der Waals surface area (Å²) in [5, 5.41) is 3.80. The van der Waals surface area contributed by atoms with Gasteiger partial charge in [-0.1, -0.05) is 18.5 Å². The van der Waals surface area contributed by atoms with Gasteiger partial charge in [-0.05, 0) is 25.5 Å². The smallest absolute Gasteiger partial charge is 0.274 e. The Morgan fingerprint density at radius 1 is 1.30 bits per heavy atom. The molecule has 0 fully saturated rings. The third kappa shape index (κ3) is 2.11.